The molecule has 1 aliphatic rings. The van der Waals surface area contributed by atoms with Crippen LogP contribution in [0.3, 0.4) is 0 Å². The maximum Gasteiger partial charge on any atom is 0.303 e. The first kappa shape index (κ1) is 24.7. The first-order valence-corrected chi connectivity index (χ1v) is 12.3. The van der Waals surface area contributed by atoms with Crippen LogP contribution >= 0.6 is 0 Å². The van der Waals surface area contributed by atoms with Gasteiger partial charge in [-0.05, 0) is 47.9 Å². The number of carboxylic acids is 1. The van der Waals surface area contributed by atoms with Crippen LogP contribution in [0.4, 0.5) is 10.1 Å². The molecule has 0 atom stereocenters. The van der Waals surface area contributed by atoms with Crippen molar-refractivity contribution in [3.8, 4) is 5.88 Å². The lowest BCUT2D eigenvalue weighted by molar-refractivity contribution is -0.136. The summed E-state index contributed by atoms with van der Waals surface area (Å²) in [6, 6.07) is 19.8. The number of aliphatic carboxylic acids is 1. The number of rotatable bonds is 8. The molecule has 0 radical (unpaired) electrons. The first-order chi connectivity index (χ1) is 18.0. The van der Waals surface area contributed by atoms with Gasteiger partial charge in [0.15, 0.2) is 5.88 Å². The molecule has 4 aromatic rings. The van der Waals surface area contributed by atoms with Crippen molar-refractivity contribution in [2.75, 3.05) is 26.3 Å². The molecule has 1 aromatic heterocycles. The molecule has 0 saturated carbocycles. The summed E-state index contributed by atoms with van der Waals surface area (Å²) in [5.41, 5.74) is 5.01. The minimum absolute atomic E-state index is 0.0475. The van der Waals surface area contributed by atoms with Crippen molar-refractivity contribution in [3.63, 3.8) is 0 Å². The molecule has 1 aliphatic heterocycles. The summed E-state index contributed by atoms with van der Waals surface area (Å²) in [6.45, 7) is 4.16. The topological polar surface area (TPSA) is 98.2 Å². The number of fused-ring (bicyclic) bond motifs is 1. The summed E-state index contributed by atoms with van der Waals surface area (Å²) < 4.78 is 19.3. The van der Waals surface area contributed by atoms with Crippen LogP contribution in [-0.2, 0) is 22.5 Å². The van der Waals surface area contributed by atoms with E-state index < -0.39 is 11.8 Å². The number of aromatic hydroxyl groups is 1. The summed E-state index contributed by atoms with van der Waals surface area (Å²) in [6.07, 6.45) is 0.468. The summed E-state index contributed by atoms with van der Waals surface area (Å²) in [5.74, 6) is -1.35. The van der Waals surface area contributed by atoms with Crippen LogP contribution in [-0.4, -0.2) is 58.1 Å². The number of carbonyl (C=O) groups is 1. The molecular weight excluding hydrogens is 473 g/mol. The molecule has 190 valence electrons. The van der Waals surface area contributed by atoms with Crippen molar-refractivity contribution in [2.45, 2.75) is 19.4 Å². The fraction of sp³-hybridized carbons (Fsp3) is 0.241. The molecule has 0 aliphatic carbocycles. The summed E-state index contributed by atoms with van der Waals surface area (Å²) in [7, 11) is 0. The SMILES string of the molecule is O=C(O)CCc1ccc(C(=Nc2ccc(CN3CCOCC3)cc2)c2c(O)[nH]c3cc(F)ccc23)cc1. The second kappa shape index (κ2) is 10.9. The molecule has 37 heavy (non-hydrogen) atoms. The van der Waals surface area contributed by atoms with E-state index in [4.69, 9.17) is 14.8 Å². The van der Waals surface area contributed by atoms with E-state index in [-0.39, 0.29) is 12.3 Å². The van der Waals surface area contributed by atoms with Gasteiger partial charge in [0, 0.05) is 37.0 Å². The Morgan fingerprint density at radius 1 is 1.00 bits per heavy atom. The second-order valence-electron chi connectivity index (χ2n) is 9.14. The van der Waals surface area contributed by atoms with E-state index in [0.29, 0.717) is 34.3 Å². The van der Waals surface area contributed by atoms with Crippen LogP contribution in [0.15, 0.2) is 71.7 Å². The molecule has 0 unspecified atom stereocenters. The summed E-state index contributed by atoms with van der Waals surface area (Å²) in [4.78, 5) is 21.1. The van der Waals surface area contributed by atoms with E-state index in [0.717, 1.165) is 44.0 Å². The van der Waals surface area contributed by atoms with E-state index in [1.165, 1.54) is 17.7 Å². The van der Waals surface area contributed by atoms with Crippen molar-refractivity contribution < 1.29 is 24.1 Å². The standard InChI is InChI=1S/C29H28FN3O4/c30-22-8-11-24-25(17-22)32-29(36)27(24)28(21-6-1-19(2-7-21)5-12-26(34)35)31-23-9-3-20(4-10-23)18-33-13-15-37-16-14-33/h1-4,6-11,17,32,36H,5,12-16,18H2,(H,34,35). The lowest BCUT2D eigenvalue weighted by Gasteiger charge is -2.26. The zero-order valence-corrected chi connectivity index (χ0v) is 20.3. The van der Waals surface area contributed by atoms with Crippen LogP contribution in [0.1, 0.15) is 28.7 Å². The molecule has 7 nitrogen and oxygen atoms in total. The monoisotopic (exact) mass is 501 g/mol. The van der Waals surface area contributed by atoms with Crippen molar-refractivity contribution >= 4 is 28.3 Å². The molecular formula is C29H28FN3O4. The van der Waals surface area contributed by atoms with E-state index >= 15 is 0 Å². The Morgan fingerprint density at radius 2 is 1.70 bits per heavy atom. The van der Waals surface area contributed by atoms with Crippen LogP contribution in [0.2, 0.25) is 0 Å². The number of aromatic nitrogens is 1. The second-order valence-corrected chi connectivity index (χ2v) is 9.14. The largest absolute Gasteiger partial charge is 0.494 e. The Kier molecular flexibility index (Phi) is 7.30. The molecule has 3 N–H and O–H groups in total. The predicted molar refractivity (Wildman–Crippen MR) is 140 cm³/mol. The van der Waals surface area contributed by atoms with Crippen LogP contribution in [0.25, 0.3) is 10.9 Å². The third-order valence-electron chi connectivity index (χ3n) is 6.52. The number of hydrogen-bond acceptors (Lipinski definition) is 5. The number of hydrogen-bond donors (Lipinski definition) is 3. The number of benzene rings is 3. The van der Waals surface area contributed by atoms with Crippen LogP contribution < -0.4 is 0 Å². The van der Waals surface area contributed by atoms with Gasteiger partial charge < -0.3 is 19.9 Å². The molecule has 3 aromatic carbocycles. The zero-order chi connectivity index (χ0) is 25.8. The van der Waals surface area contributed by atoms with Crippen LogP contribution in [0, 0.1) is 5.82 Å². The number of H-pyrrole nitrogens is 1. The Balaban J connectivity index is 1.51. The highest BCUT2D eigenvalue weighted by Crippen LogP contribution is 2.32. The number of aliphatic imine (C=N–C) groups is 1. The van der Waals surface area contributed by atoms with Crippen molar-refractivity contribution in [2.24, 2.45) is 4.99 Å². The number of aromatic amines is 1. The highest BCUT2D eigenvalue weighted by molar-refractivity contribution is 6.21. The molecule has 1 saturated heterocycles. The summed E-state index contributed by atoms with van der Waals surface area (Å²) >= 11 is 0. The van der Waals surface area contributed by atoms with Crippen molar-refractivity contribution in [1.29, 1.82) is 0 Å². The third-order valence-corrected chi connectivity index (χ3v) is 6.52. The van der Waals surface area contributed by atoms with Gasteiger partial charge in [-0.15, -0.1) is 0 Å². The van der Waals surface area contributed by atoms with Gasteiger partial charge in [-0.2, -0.15) is 0 Å². The number of morpholine rings is 1. The lowest BCUT2D eigenvalue weighted by Crippen LogP contribution is -2.35. The van der Waals surface area contributed by atoms with E-state index in [1.807, 2.05) is 48.5 Å². The number of ether oxygens (including phenoxy) is 1. The minimum Gasteiger partial charge on any atom is -0.494 e. The minimum atomic E-state index is -0.848. The lowest BCUT2D eigenvalue weighted by atomic mass is 9.98. The number of nitrogens with one attached hydrogen (secondary N) is 1. The predicted octanol–water partition coefficient (Wildman–Crippen LogP) is 5.03. The third kappa shape index (κ3) is 5.87. The average molecular weight is 502 g/mol. The van der Waals surface area contributed by atoms with E-state index in [9.17, 15) is 14.3 Å². The van der Waals surface area contributed by atoms with Gasteiger partial charge in [0.1, 0.15) is 5.82 Å². The van der Waals surface area contributed by atoms with Gasteiger partial charge in [0.25, 0.3) is 0 Å². The van der Waals surface area contributed by atoms with Gasteiger partial charge in [0.2, 0.25) is 0 Å². The van der Waals surface area contributed by atoms with Gasteiger partial charge in [-0.3, -0.25) is 9.69 Å². The smallest absolute Gasteiger partial charge is 0.303 e. The first-order valence-electron chi connectivity index (χ1n) is 12.3. The molecule has 1 fully saturated rings. The van der Waals surface area contributed by atoms with Crippen molar-refractivity contribution in [1.82, 2.24) is 9.88 Å². The fourth-order valence-corrected chi connectivity index (χ4v) is 4.56. The summed E-state index contributed by atoms with van der Waals surface area (Å²) in [5, 5.41) is 20.5. The molecule has 0 spiro atoms. The van der Waals surface area contributed by atoms with Gasteiger partial charge >= 0.3 is 5.97 Å². The fourth-order valence-electron chi connectivity index (χ4n) is 4.56. The molecule has 0 bridgehead atoms. The maximum absolute atomic E-state index is 13.8. The quantitative estimate of drug-likeness (QED) is 0.294. The number of nitrogens with zero attached hydrogens (tertiary/aromatic N) is 2. The normalized spacial score (nSPS) is 14.8. The Bertz CT molecular complexity index is 1420. The maximum atomic E-state index is 13.8. The van der Waals surface area contributed by atoms with E-state index in [2.05, 4.69) is 9.88 Å². The highest BCUT2D eigenvalue weighted by atomic mass is 19.1. The number of halogens is 1. The Morgan fingerprint density at radius 3 is 2.41 bits per heavy atom. The Labute approximate surface area is 213 Å². The average Bonchev–Trinajstić information content (AvgIpc) is 3.22. The van der Waals surface area contributed by atoms with Gasteiger partial charge in [-0.25, -0.2) is 9.38 Å². The van der Waals surface area contributed by atoms with Crippen molar-refractivity contribution in [3.05, 3.63) is 94.8 Å². The van der Waals surface area contributed by atoms with E-state index in [1.54, 1.807) is 6.07 Å². The number of aryl methyl sites for hydroxylation is 1. The molecule has 8 heteroatoms. The van der Waals surface area contributed by atoms with Crippen LogP contribution in [0.5, 0.6) is 5.88 Å². The number of carboxylic acid groups (broad SMARTS) is 1. The highest BCUT2D eigenvalue weighted by Gasteiger charge is 2.19. The molecule has 5 rings (SSSR count). The molecule has 0 amide bonds. The molecule has 2 heterocycles. The zero-order valence-electron chi connectivity index (χ0n) is 20.3. The van der Waals surface area contributed by atoms with Gasteiger partial charge in [-0.1, -0.05) is 36.4 Å². The van der Waals surface area contributed by atoms with Gasteiger partial charge in [0.05, 0.1) is 35.7 Å². The Hall–Kier alpha value is -4.01.